The highest BCUT2D eigenvalue weighted by Crippen LogP contribution is 2.34. The molecule has 3 atom stereocenters. The second-order valence-corrected chi connectivity index (χ2v) is 8.59. The molecule has 2 aliphatic rings. The third kappa shape index (κ3) is 3.76. The molecular formula is C15H25N3O4S. The number of aliphatic hydroxyl groups excluding tert-OH is 1. The predicted octanol–water partition coefficient (Wildman–Crippen LogP) is 0.327. The van der Waals surface area contributed by atoms with Crippen molar-refractivity contribution in [2.24, 2.45) is 13.0 Å². The van der Waals surface area contributed by atoms with Gasteiger partial charge in [0.25, 0.3) is 0 Å². The maximum absolute atomic E-state index is 12.7. The van der Waals surface area contributed by atoms with Crippen molar-refractivity contribution in [1.82, 2.24) is 14.1 Å². The Labute approximate surface area is 137 Å². The highest BCUT2D eigenvalue weighted by atomic mass is 32.2. The summed E-state index contributed by atoms with van der Waals surface area (Å²) in [5, 5.41) is 13.8. The van der Waals surface area contributed by atoms with Crippen molar-refractivity contribution < 1.29 is 18.3 Å². The van der Waals surface area contributed by atoms with Crippen molar-refractivity contribution >= 4 is 10.0 Å². The Morgan fingerprint density at radius 3 is 2.83 bits per heavy atom. The van der Waals surface area contributed by atoms with Crippen LogP contribution >= 0.6 is 0 Å². The summed E-state index contributed by atoms with van der Waals surface area (Å²) in [6.07, 6.45) is 6.30. The zero-order valence-corrected chi connectivity index (χ0v) is 14.3. The molecule has 2 fully saturated rings. The molecule has 23 heavy (non-hydrogen) atoms. The van der Waals surface area contributed by atoms with Gasteiger partial charge in [-0.2, -0.15) is 5.10 Å². The zero-order chi connectivity index (χ0) is 16.4. The molecule has 1 aromatic heterocycles. The quantitative estimate of drug-likeness (QED) is 0.833. The van der Waals surface area contributed by atoms with Crippen molar-refractivity contribution in [3.8, 4) is 0 Å². The topological polar surface area (TPSA) is 84.7 Å². The van der Waals surface area contributed by atoms with Gasteiger partial charge < -0.3 is 9.84 Å². The lowest BCUT2D eigenvalue weighted by molar-refractivity contribution is 0.0299. The third-order valence-electron chi connectivity index (χ3n) is 4.86. The molecule has 7 nitrogen and oxygen atoms in total. The largest absolute Gasteiger partial charge is 0.396 e. The molecule has 1 aromatic rings. The van der Waals surface area contributed by atoms with Crippen molar-refractivity contribution in [1.29, 1.82) is 0 Å². The smallest absolute Gasteiger partial charge is 0.216 e. The minimum atomic E-state index is -3.37. The first-order valence-corrected chi connectivity index (χ1v) is 9.79. The molecule has 2 saturated heterocycles. The molecule has 130 valence electrons. The van der Waals surface area contributed by atoms with E-state index in [1.807, 2.05) is 13.2 Å². The van der Waals surface area contributed by atoms with Crippen LogP contribution in [0.2, 0.25) is 0 Å². The summed E-state index contributed by atoms with van der Waals surface area (Å²) in [5.41, 5.74) is 0.984. The van der Waals surface area contributed by atoms with Gasteiger partial charge in [0, 0.05) is 51.4 Å². The number of rotatable bonds is 5. The number of hydrogen-bond donors (Lipinski definition) is 1. The van der Waals surface area contributed by atoms with Gasteiger partial charge in [0.1, 0.15) is 0 Å². The minimum Gasteiger partial charge on any atom is -0.396 e. The number of ether oxygens (including phenoxy) is 1. The Balaban J connectivity index is 1.70. The lowest BCUT2D eigenvalue weighted by Crippen LogP contribution is -2.37. The lowest BCUT2D eigenvalue weighted by atomic mass is 9.92. The van der Waals surface area contributed by atoms with Gasteiger partial charge in [-0.05, 0) is 24.8 Å². The molecule has 0 unspecified atom stereocenters. The summed E-state index contributed by atoms with van der Waals surface area (Å²) < 4.78 is 34.2. The van der Waals surface area contributed by atoms with Gasteiger partial charge in [-0.3, -0.25) is 4.68 Å². The van der Waals surface area contributed by atoms with E-state index in [1.165, 1.54) is 4.31 Å². The molecule has 1 N–H and O–H groups in total. The highest BCUT2D eigenvalue weighted by Gasteiger charge is 2.40. The van der Waals surface area contributed by atoms with Gasteiger partial charge in [0.05, 0.1) is 18.1 Å². The molecule has 0 aliphatic carbocycles. The van der Waals surface area contributed by atoms with E-state index in [2.05, 4.69) is 5.10 Å². The maximum Gasteiger partial charge on any atom is 0.216 e. The molecule has 0 amide bonds. The van der Waals surface area contributed by atoms with Crippen molar-refractivity contribution in [3.05, 3.63) is 18.0 Å². The molecule has 0 spiro atoms. The first kappa shape index (κ1) is 16.9. The van der Waals surface area contributed by atoms with Crippen LogP contribution in [-0.4, -0.2) is 65.8 Å². The second-order valence-electron chi connectivity index (χ2n) is 6.58. The number of sulfonamides is 1. The summed E-state index contributed by atoms with van der Waals surface area (Å²) in [4.78, 5) is 0. The Bertz CT molecular complexity index is 624. The fourth-order valence-electron chi connectivity index (χ4n) is 3.53. The van der Waals surface area contributed by atoms with Crippen LogP contribution in [0.1, 0.15) is 30.7 Å². The Hall–Kier alpha value is -0.960. The zero-order valence-electron chi connectivity index (χ0n) is 13.5. The molecule has 8 heteroatoms. The Morgan fingerprint density at radius 1 is 1.39 bits per heavy atom. The number of nitrogens with zero attached hydrogens (tertiary/aromatic N) is 3. The normalized spacial score (nSPS) is 29.9. The van der Waals surface area contributed by atoms with E-state index in [4.69, 9.17) is 4.74 Å². The van der Waals surface area contributed by atoms with E-state index in [-0.39, 0.29) is 30.3 Å². The molecular weight excluding hydrogens is 318 g/mol. The van der Waals surface area contributed by atoms with Gasteiger partial charge in [0.15, 0.2) is 0 Å². The molecule has 0 aromatic carbocycles. The number of aryl methyl sites for hydroxylation is 1. The number of hydrogen-bond acceptors (Lipinski definition) is 5. The Morgan fingerprint density at radius 2 is 2.22 bits per heavy atom. The average Bonchev–Trinajstić information content (AvgIpc) is 3.14. The summed E-state index contributed by atoms with van der Waals surface area (Å²) in [5.74, 6) is -0.0396. The van der Waals surface area contributed by atoms with Crippen LogP contribution in [0.3, 0.4) is 0 Å². The van der Waals surface area contributed by atoms with Crippen LogP contribution in [-0.2, 0) is 21.8 Å². The van der Waals surface area contributed by atoms with Crippen LogP contribution in [0.5, 0.6) is 0 Å². The van der Waals surface area contributed by atoms with Crippen molar-refractivity contribution in [3.63, 3.8) is 0 Å². The second kappa shape index (κ2) is 6.88. The van der Waals surface area contributed by atoms with E-state index >= 15 is 0 Å². The highest BCUT2D eigenvalue weighted by molar-refractivity contribution is 7.89. The standard InChI is InChI=1S/C15H25N3O4S/c1-17-7-12(6-16-17)15-9-18(8-13(15)10-19)23(20,21)11-14-4-2-3-5-22-14/h6-7,13-15,19H,2-5,8-11H2,1H3/t13-,14-,15-/m0/s1. The first-order chi connectivity index (χ1) is 11.0. The molecule has 3 heterocycles. The van der Waals surface area contributed by atoms with Gasteiger partial charge >= 0.3 is 0 Å². The molecule has 0 bridgehead atoms. The first-order valence-electron chi connectivity index (χ1n) is 8.18. The van der Waals surface area contributed by atoms with Gasteiger partial charge in [-0.15, -0.1) is 0 Å². The summed E-state index contributed by atoms with van der Waals surface area (Å²) >= 11 is 0. The number of aliphatic hydroxyl groups is 1. The van der Waals surface area contributed by atoms with Crippen LogP contribution in [0, 0.1) is 5.92 Å². The summed E-state index contributed by atoms with van der Waals surface area (Å²) in [6.45, 7) is 1.40. The van der Waals surface area contributed by atoms with E-state index in [0.717, 1.165) is 24.8 Å². The molecule has 2 aliphatic heterocycles. The van der Waals surface area contributed by atoms with Crippen LogP contribution < -0.4 is 0 Å². The fourth-order valence-corrected chi connectivity index (χ4v) is 5.28. The minimum absolute atomic E-state index is 0.00394. The maximum atomic E-state index is 12.7. The van der Waals surface area contributed by atoms with E-state index in [1.54, 1.807) is 10.9 Å². The SMILES string of the molecule is Cn1cc([C@@H]2CN(S(=O)(=O)C[C@@H]3CCCCO3)C[C@H]2CO)cn1. The molecule has 0 saturated carbocycles. The van der Waals surface area contributed by atoms with Gasteiger partial charge in [0.2, 0.25) is 10.0 Å². The van der Waals surface area contributed by atoms with E-state index < -0.39 is 10.0 Å². The number of aromatic nitrogens is 2. The predicted molar refractivity (Wildman–Crippen MR) is 85.5 cm³/mol. The lowest BCUT2D eigenvalue weighted by Gasteiger charge is -2.25. The summed E-state index contributed by atoms with van der Waals surface area (Å²) in [6, 6.07) is 0. The van der Waals surface area contributed by atoms with Crippen molar-refractivity contribution in [2.75, 3.05) is 32.1 Å². The van der Waals surface area contributed by atoms with Gasteiger partial charge in [-0.25, -0.2) is 12.7 Å². The molecule has 0 radical (unpaired) electrons. The van der Waals surface area contributed by atoms with Crippen LogP contribution in [0.4, 0.5) is 0 Å². The van der Waals surface area contributed by atoms with Gasteiger partial charge in [-0.1, -0.05) is 0 Å². The average molecular weight is 343 g/mol. The van der Waals surface area contributed by atoms with Crippen molar-refractivity contribution in [2.45, 2.75) is 31.3 Å². The Kier molecular flexibility index (Phi) is 5.05. The fraction of sp³-hybridized carbons (Fsp3) is 0.800. The van der Waals surface area contributed by atoms with Crippen LogP contribution in [0.25, 0.3) is 0 Å². The van der Waals surface area contributed by atoms with E-state index in [9.17, 15) is 13.5 Å². The third-order valence-corrected chi connectivity index (χ3v) is 6.74. The molecule has 3 rings (SSSR count). The van der Waals surface area contributed by atoms with Crippen LogP contribution in [0.15, 0.2) is 12.4 Å². The monoisotopic (exact) mass is 343 g/mol. The summed E-state index contributed by atoms with van der Waals surface area (Å²) in [7, 11) is -1.53. The van der Waals surface area contributed by atoms with E-state index in [0.29, 0.717) is 19.7 Å².